The van der Waals surface area contributed by atoms with Crippen molar-refractivity contribution in [2.24, 2.45) is 0 Å². The highest BCUT2D eigenvalue weighted by Crippen LogP contribution is 2.10. The number of benzene rings is 1. The molecule has 4 nitrogen and oxygen atoms in total. The monoisotopic (exact) mass is 386 g/mol. The van der Waals surface area contributed by atoms with Crippen molar-refractivity contribution >= 4 is 11.9 Å². The Hall–Kier alpha value is -2.36. The predicted octanol–water partition coefficient (Wildman–Crippen LogP) is 5.35. The molecule has 0 spiro atoms. The van der Waals surface area contributed by atoms with Gasteiger partial charge in [0.1, 0.15) is 0 Å². The Morgan fingerprint density at radius 3 is 1.39 bits per heavy atom. The zero-order valence-corrected chi connectivity index (χ0v) is 17.3. The number of hydrogen-bond donors (Lipinski definition) is 0. The van der Waals surface area contributed by atoms with Gasteiger partial charge in [0.15, 0.2) is 0 Å². The number of aryl methyl sites for hydroxylation is 2. The maximum atomic E-state index is 11.2. The summed E-state index contributed by atoms with van der Waals surface area (Å²) >= 11 is 0. The fourth-order valence-corrected chi connectivity index (χ4v) is 2.71. The van der Waals surface area contributed by atoms with Gasteiger partial charge < -0.3 is 9.47 Å². The van der Waals surface area contributed by atoms with Gasteiger partial charge in [-0.25, -0.2) is 0 Å². The first-order valence-corrected chi connectivity index (χ1v) is 10.3. The second-order valence-corrected chi connectivity index (χ2v) is 6.52. The van der Waals surface area contributed by atoms with Crippen LogP contribution in [0.3, 0.4) is 0 Å². The van der Waals surface area contributed by atoms with E-state index in [1.165, 1.54) is 11.1 Å². The highest BCUT2D eigenvalue weighted by molar-refractivity contribution is 5.69. The van der Waals surface area contributed by atoms with E-state index >= 15 is 0 Å². The maximum absolute atomic E-state index is 11.2. The summed E-state index contributed by atoms with van der Waals surface area (Å²) in [5, 5.41) is 0. The Bertz CT molecular complexity index is 559. The number of carbonyl (C=O) groups excluding carboxylic acids is 2. The van der Waals surface area contributed by atoms with Crippen molar-refractivity contribution < 1.29 is 19.1 Å². The summed E-state index contributed by atoms with van der Waals surface area (Å²) in [6.07, 6.45) is 14.7. The minimum absolute atomic E-state index is 0.128. The molecule has 0 saturated heterocycles. The first-order valence-electron chi connectivity index (χ1n) is 10.3. The van der Waals surface area contributed by atoms with Crippen molar-refractivity contribution in [3.05, 3.63) is 59.7 Å². The Labute approximate surface area is 169 Å². The lowest BCUT2D eigenvalue weighted by molar-refractivity contribution is -0.143. The molecule has 4 heteroatoms. The second kappa shape index (κ2) is 15.7. The maximum Gasteiger partial charge on any atom is 0.306 e. The van der Waals surface area contributed by atoms with E-state index in [-0.39, 0.29) is 11.9 Å². The van der Waals surface area contributed by atoms with Gasteiger partial charge in [0.05, 0.1) is 13.2 Å². The number of ether oxygens (including phenoxy) is 2. The summed E-state index contributed by atoms with van der Waals surface area (Å²) in [5.41, 5.74) is 2.65. The van der Waals surface area contributed by atoms with E-state index in [1.54, 1.807) is 0 Å². The Kier molecular flexibility index (Phi) is 13.3. The smallest absolute Gasteiger partial charge is 0.306 e. The van der Waals surface area contributed by atoms with Crippen LogP contribution in [0.1, 0.15) is 63.5 Å². The van der Waals surface area contributed by atoms with Gasteiger partial charge in [0, 0.05) is 12.8 Å². The molecule has 0 aliphatic carbocycles. The van der Waals surface area contributed by atoms with Crippen molar-refractivity contribution in [2.75, 3.05) is 13.2 Å². The third-order valence-electron chi connectivity index (χ3n) is 4.20. The van der Waals surface area contributed by atoms with Crippen molar-refractivity contribution in [3.8, 4) is 0 Å². The third kappa shape index (κ3) is 12.1. The zero-order chi connectivity index (χ0) is 20.5. The first kappa shape index (κ1) is 23.7. The highest BCUT2D eigenvalue weighted by atomic mass is 16.5. The summed E-state index contributed by atoms with van der Waals surface area (Å²) in [5.74, 6) is -0.256. The van der Waals surface area contributed by atoms with Gasteiger partial charge in [-0.2, -0.15) is 0 Å². The third-order valence-corrected chi connectivity index (χ3v) is 4.20. The van der Waals surface area contributed by atoms with Gasteiger partial charge in [-0.1, -0.05) is 48.6 Å². The van der Waals surface area contributed by atoms with Gasteiger partial charge in [-0.05, 0) is 63.5 Å². The van der Waals surface area contributed by atoms with Crippen molar-refractivity contribution in [3.63, 3.8) is 0 Å². The van der Waals surface area contributed by atoms with E-state index in [0.717, 1.165) is 38.5 Å². The molecular formula is C24H34O4. The molecule has 0 atom stereocenters. The topological polar surface area (TPSA) is 52.6 Å². The van der Waals surface area contributed by atoms with Crippen molar-refractivity contribution in [2.45, 2.75) is 65.2 Å². The fourth-order valence-electron chi connectivity index (χ4n) is 2.71. The average Bonchev–Trinajstić information content (AvgIpc) is 2.68. The molecule has 0 unspecified atom stereocenters. The van der Waals surface area contributed by atoms with Gasteiger partial charge in [-0.3, -0.25) is 9.59 Å². The molecule has 154 valence electrons. The quantitative estimate of drug-likeness (QED) is 0.319. The number of allylic oxidation sites excluding steroid dienone is 4. The number of rotatable bonds is 14. The lowest BCUT2D eigenvalue weighted by atomic mass is 10.0. The van der Waals surface area contributed by atoms with E-state index in [4.69, 9.17) is 9.47 Å². The molecular weight excluding hydrogens is 352 g/mol. The molecule has 1 rings (SSSR count). The molecule has 0 heterocycles. The molecule has 0 radical (unpaired) electrons. The highest BCUT2D eigenvalue weighted by Gasteiger charge is 1.99. The SMILES string of the molecule is CCOC(=O)CC/C=C/CCc1ccc(CC/C=C/CCC(=O)OCC)cc1. The van der Waals surface area contributed by atoms with Crippen LogP contribution in [0, 0.1) is 0 Å². The summed E-state index contributed by atoms with van der Waals surface area (Å²) in [7, 11) is 0. The van der Waals surface area contributed by atoms with E-state index < -0.39 is 0 Å². The number of carbonyl (C=O) groups is 2. The van der Waals surface area contributed by atoms with E-state index in [2.05, 4.69) is 48.6 Å². The Morgan fingerprint density at radius 1 is 0.679 bits per heavy atom. The van der Waals surface area contributed by atoms with E-state index in [1.807, 2.05) is 13.8 Å². The standard InChI is InChI=1S/C24H34O4/c1-3-27-23(25)15-11-7-5-9-13-21-17-19-22(20-18-21)14-10-6-8-12-16-24(26)28-4-2/h5-8,17-20H,3-4,9-16H2,1-2H3/b7-5+,8-6+. The van der Waals surface area contributed by atoms with Crippen LogP contribution in [0.5, 0.6) is 0 Å². The molecule has 0 saturated carbocycles. The van der Waals surface area contributed by atoms with Crippen molar-refractivity contribution in [1.82, 2.24) is 0 Å². The summed E-state index contributed by atoms with van der Waals surface area (Å²) in [4.78, 5) is 22.5. The summed E-state index contributed by atoms with van der Waals surface area (Å²) in [6.45, 7) is 4.54. The average molecular weight is 387 g/mol. The number of hydrogen-bond acceptors (Lipinski definition) is 4. The molecule has 0 aliphatic rings. The van der Waals surface area contributed by atoms with Crippen LogP contribution < -0.4 is 0 Å². The largest absolute Gasteiger partial charge is 0.466 e. The van der Waals surface area contributed by atoms with Crippen LogP contribution in [-0.4, -0.2) is 25.2 Å². The lowest BCUT2D eigenvalue weighted by Gasteiger charge is -2.02. The fraction of sp³-hybridized carbons (Fsp3) is 0.500. The molecule has 0 amide bonds. The minimum atomic E-state index is -0.128. The molecule has 0 aromatic heterocycles. The molecule has 28 heavy (non-hydrogen) atoms. The molecule has 1 aromatic carbocycles. The number of esters is 2. The van der Waals surface area contributed by atoms with Gasteiger partial charge in [0.25, 0.3) is 0 Å². The molecule has 0 aliphatic heterocycles. The zero-order valence-electron chi connectivity index (χ0n) is 17.3. The van der Waals surface area contributed by atoms with Crippen LogP contribution in [0.4, 0.5) is 0 Å². The van der Waals surface area contributed by atoms with Gasteiger partial charge in [-0.15, -0.1) is 0 Å². The van der Waals surface area contributed by atoms with Gasteiger partial charge >= 0.3 is 11.9 Å². The van der Waals surface area contributed by atoms with Crippen molar-refractivity contribution in [1.29, 1.82) is 0 Å². The summed E-state index contributed by atoms with van der Waals surface area (Å²) < 4.78 is 9.80. The molecule has 0 N–H and O–H groups in total. The van der Waals surface area contributed by atoms with Crippen LogP contribution >= 0.6 is 0 Å². The van der Waals surface area contributed by atoms with Crippen LogP contribution in [0.2, 0.25) is 0 Å². The normalized spacial score (nSPS) is 11.2. The Morgan fingerprint density at radius 2 is 1.04 bits per heavy atom. The minimum Gasteiger partial charge on any atom is -0.466 e. The Balaban J connectivity index is 2.16. The molecule has 1 aromatic rings. The van der Waals surface area contributed by atoms with E-state index in [9.17, 15) is 9.59 Å². The second-order valence-electron chi connectivity index (χ2n) is 6.52. The van der Waals surface area contributed by atoms with Crippen LogP contribution in [0.25, 0.3) is 0 Å². The molecule has 0 bridgehead atoms. The summed E-state index contributed by atoms with van der Waals surface area (Å²) in [6, 6.07) is 8.75. The molecule has 0 fully saturated rings. The first-order chi connectivity index (χ1) is 13.7. The van der Waals surface area contributed by atoms with Crippen LogP contribution in [0.15, 0.2) is 48.6 Å². The van der Waals surface area contributed by atoms with Crippen LogP contribution in [-0.2, 0) is 31.9 Å². The predicted molar refractivity (Wildman–Crippen MR) is 113 cm³/mol. The van der Waals surface area contributed by atoms with E-state index in [0.29, 0.717) is 26.1 Å². The van der Waals surface area contributed by atoms with Gasteiger partial charge in [0.2, 0.25) is 0 Å². The lowest BCUT2D eigenvalue weighted by Crippen LogP contribution is -2.02.